The molecule has 0 amide bonds. The Kier molecular flexibility index (Phi) is 5.46. The van der Waals surface area contributed by atoms with Gasteiger partial charge in [-0.15, -0.1) is 12.6 Å². The first-order valence-corrected chi connectivity index (χ1v) is 7.70. The van der Waals surface area contributed by atoms with Gasteiger partial charge in [0.25, 0.3) is 0 Å². The molecule has 0 fully saturated rings. The van der Waals surface area contributed by atoms with Crippen molar-refractivity contribution in [1.29, 1.82) is 0 Å². The van der Waals surface area contributed by atoms with Crippen LogP contribution in [0.1, 0.15) is 25.3 Å². The molecule has 0 N–H and O–H groups in total. The van der Waals surface area contributed by atoms with Gasteiger partial charge in [0, 0.05) is 4.90 Å². The first kappa shape index (κ1) is 15.7. The van der Waals surface area contributed by atoms with Crippen molar-refractivity contribution in [2.75, 3.05) is 0 Å². The molecular weight excluding hydrogens is 272 g/mol. The topological polar surface area (TPSA) is 0 Å². The molecule has 108 valence electrons. The number of hydrogen-bond acceptors (Lipinski definition) is 1. The fourth-order valence-corrected chi connectivity index (χ4v) is 2.38. The summed E-state index contributed by atoms with van der Waals surface area (Å²) in [5.74, 6) is 0. The molecule has 1 aliphatic carbocycles. The first-order valence-electron chi connectivity index (χ1n) is 7.25. The highest BCUT2D eigenvalue weighted by atomic mass is 32.1. The van der Waals surface area contributed by atoms with E-state index in [2.05, 4.69) is 69.1 Å². The van der Waals surface area contributed by atoms with Gasteiger partial charge in [-0.05, 0) is 60.6 Å². The molecule has 0 aromatic heterocycles. The normalized spacial score (nSPS) is 17.6. The van der Waals surface area contributed by atoms with Gasteiger partial charge in [0.05, 0.1) is 0 Å². The van der Waals surface area contributed by atoms with E-state index in [0.717, 1.165) is 35.3 Å². The van der Waals surface area contributed by atoms with Crippen LogP contribution in [0, 0.1) is 0 Å². The Labute approximate surface area is 133 Å². The van der Waals surface area contributed by atoms with Gasteiger partial charge in [-0.25, -0.2) is 0 Å². The van der Waals surface area contributed by atoms with Crippen LogP contribution >= 0.6 is 12.6 Å². The molecule has 0 unspecified atom stereocenters. The van der Waals surface area contributed by atoms with Crippen molar-refractivity contribution in [3.05, 3.63) is 89.6 Å². The predicted molar refractivity (Wildman–Crippen MR) is 95.9 cm³/mol. The molecule has 2 rings (SSSR count). The van der Waals surface area contributed by atoms with Gasteiger partial charge < -0.3 is 0 Å². The molecule has 0 radical (unpaired) electrons. The van der Waals surface area contributed by atoms with E-state index in [1.807, 2.05) is 12.1 Å². The van der Waals surface area contributed by atoms with Crippen LogP contribution in [0.4, 0.5) is 0 Å². The van der Waals surface area contributed by atoms with Crippen molar-refractivity contribution in [2.45, 2.75) is 31.1 Å². The molecule has 0 bridgehead atoms. The maximum Gasteiger partial charge on any atom is 0.00401 e. The second kappa shape index (κ2) is 7.33. The van der Waals surface area contributed by atoms with E-state index in [0.29, 0.717) is 0 Å². The van der Waals surface area contributed by atoms with Gasteiger partial charge in [-0.2, -0.15) is 0 Å². The van der Waals surface area contributed by atoms with Crippen molar-refractivity contribution in [3.8, 4) is 0 Å². The number of hydrogen-bond donors (Lipinski definition) is 1. The molecule has 0 saturated carbocycles. The summed E-state index contributed by atoms with van der Waals surface area (Å²) in [7, 11) is 0. The third-order valence-electron chi connectivity index (χ3n) is 3.73. The fourth-order valence-electron chi connectivity index (χ4n) is 2.23. The Balaban J connectivity index is 1.96. The highest BCUT2D eigenvalue weighted by Crippen LogP contribution is 2.25. The van der Waals surface area contributed by atoms with Crippen molar-refractivity contribution >= 4 is 12.6 Å². The SMILES string of the molecule is C=C1CC=C/C(=C/C=C(\C)CCc2ccc(S)cc2)C1=C. The minimum Gasteiger partial charge on any atom is -0.143 e. The number of aryl methyl sites for hydroxylation is 1. The highest BCUT2D eigenvalue weighted by molar-refractivity contribution is 7.80. The Hall–Kier alpha value is -1.73. The fraction of sp³-hybridized carbons (Fsp3) is 0.200. The van der Waals surface area contributed by atoms with Crippen LogP contribution in [0.2, 0.25) is 0 Å². The summed E-state index contributed by atoms with van der Waals surface area (Å²) >= 11 is 4.31. The number of thiol groups is 1. The van der Waals surface area contributed by atoms with Crippen molar-refractivity contribution in [3.63, 3.8) is 0 Å². The second-order valence-corrected chi connectivity index (χ2v) is 6.01. The minimum atomic E-state index is 0.917. The predicted octanol–water partition coefficient (Wildman–Crippen LogP) is 5.85. The summed E-state index contributed by atoms with van der Waals surface area (Å²) in [4.78, 5) is 1.01. The molecule has 0 nitrogen and oxygen atoms in total. The Morgan fingerprint density at radius 2 is 1.95 bits per heavy atom. The molecule has 1 aromatic rings. The van der Waals surface area contributed by atoms with Crippen LogP contribution in [0.25, 0.3) is 0 Å². The van der Waals surface area contributed by atoms with Crippen LogP contribution in [0.5, 0.6) is 0 Å². The maximum atomic E-state index is 4.31. The average Bonchev–Trinajstić information content (AvgIpc) is 2.48. The maximum absolute atomic E-state index is 4.31. The number of rotatable bonds is 4. The average molecular weight is 294 g/mol. The zero-order valence-corrected chi connectivity index (χ0v) is 13.5. The summed E-state index contributed by atoms with van der Waals surface area (Å²) < 4.78 is 0. The van der Waals surface area contributed by atoms with E-state index in [9.17, 15) is 0 Å². The molecule has 0 heterocycles. The molecule has 1 aliphatic rings. The van der Waals surface area contributed by atoms with Crippen LogP contribution in [-0.4, -0.2) is 0 Å². The quantitative estimate of drug-likeness (QED) is 0.661. The lowest BCUT2D eigenvalue weighted by molar-refractivity contribution is 0.939. The van der Waals surface area contributed by atoms with E-state index in [1.165, 1.54) is 16.7 Å². The molecule has 21 heavy (non-hydrogen) atoms. The van der Waals surface area contributed by atoms with Crippen molar-refractivity contribution < 1.29 is 0 Å². The van der Waals surface area contributed by atoms with Crippen LogP contribution in [0.3, 0.4) is 0 Å². The van der Waals surface area contributed by atoms with E-state index in [4.69, 9.17) is 0 Å². The zero-order chi connectivity index (χ0) is 15.2. The summed E-state index contributed by atoms with van der Waals surface area (Å²) in [6.45, 7) is 10.3. The van der Waals surface area contributed by atoms with E-state index in [1.54, 1.807) is 0 Å². The van der Waals surface area contributed by atoms with E-state index >= 15 is 0 Å². The summed E-state index contributed by atoms with van der Waals surface area (Å²) in [6, 6.07) is 8.37. The lowest BCUT2D eigenvalue weighted by Crippen LogP contribution is -1.94. The van der Waals surface area contributed by atoms with Crippen molar-refractivity contribution in [2.24, 2.45) is 0 Å². The zero-order valence-electron chi connectivity index (χ0n) is 12.6. The highest BCUT2D eigenvalue weighted by Gasteiger charge is 2.06. The Morgan fingerprint density at radius 1 is 1.24 bits per heavy atom. The van der Waals surface area contributed by atoms with Crippen molar-refractivity contribution in [1.82, 2.24) is 0 Å². The lowest BCUT2D eigenvalue weighted by Gasteiger charge is -2.13. The van der Waals surface area contributed by atoms with Gasteiger partial charge >= 0.3 is 0 Å². The number of allylic oxidation sites excluding steroid dienone is 8. The monoisotopic (exact) mass is 294 g/mol. The third-order valence-corrected chi connectivity index (χ3v) is 4.03. The van der Waals surface area contributed by atoms with E-state index < -0.39 is 0 Å². The smallest absolute Gasteiger partial charge is 0.00401 e. The third kappa shape index (κ3) is 4.64. The van der Waals surface area contributed by atoms with Crippen LogP contribution in [-0.2, 0) is 6.42 Å². The van der Waals surface area contributed by atoms with Gasteiger partial charge in [0.15, 0.2) is 0 Å². The molecule has 0 spiro atoms. The summed E-state index contributed by atoms with van der Waals surface area (Å²) in [6.07, 6.45) is 11.7. The lowest BCUT2D eigenvalue weighted by atomic mass is 9.92. The van der Waals surface area contributed by atoms with Gasteiger partial charge in [-0.1, -0.05) is 55.2 Å². The molecule has 0 atom stereocenters. The largest absolute Gasteiger partial charge is 0.143 e. The van der Waals surface area contributed by atoms with Gasteiger partial charge in [0.2, 0.25) is 0 Å². The van der Waals surface area contributed by atoms with Crippen LogP contribution < -0.4 is 0 Å². The minimum absolute atomic E-state index is 0.917. The Morgan fingerprint density at radius 3 is 2.67 bits per heavy atom. The second-order valence-electron chi connectivity index (χ2n) is 5.49. The molecule has 0 aliphatic heterocycles. The summed E-state index contributed by atoms with van der Waals surface area (Å²) in [5, 5.41) is 0. The van der Waals surface area contributed by atoms with Gasteiger partial charge in [0.1, 0.15) is 0 Å². The standard InChI is InChI=1S/C20H22S/c1-15(7-9-18-10-13-20(21)14-11-18)8-12-19-6-4-5-16(2)17(19)3/h4,6,8,10-14,21H,2-3,5,7,9H2,1H3/b15-8+,19-12-. The Bertz CT molecular complexity index is 624. The first-order chi connectivity index (χ1) is 10.1. The number of benzene rings is 1. The van der Waals surface area contributed by atoms with E-state index in [-0.39, 0.29) is 0 Å². The van der Waals surface area contributed by atoms with Gasteiger partial charge in [-0.3, -0.25) is 0 Å². The molecule has 1 aromatic carbocycles. The summed E-state index contributed by atoms with van der Waals surface area (Å²) in [5.41, 5.74) is 6.07. The molecular formula is C20H22S. The molecule has 0 saturated heterocycles. The molecule has 1 heteroatoms. The van der Waals surface area contributed by atoms with Crippen LogP contribution in [0.15, 0.2) is 88.9 Å².